The van der Waals surface area contributed by atoms with E-state index in [1.54, 1.807) is 6.92 Å². The number of aldehydes is 1. The fourth-order valence-corrected chi connectivity index (χ4v) is 3.75. The van der Waals surface area contributed by atoms with E-state index in [9.17, 15) is 19.8 Å². The number of amides is 1. The van der Waals surface area contributed by atoms with Crippen molar-refractivity contribution in [3.8, 4) is 0 Å². The van der Waals surface area contributed by atoms with Gasteiger partial charge in [-0.3, -0.25) is 4.79 Å². The van der Waals surface area contributed by atoms with Gasteiger partial charge in [0.2, 0.25) is 5.91 Å². The maximum absolute atomic E-state index is 12.2. The van der Waals surface area contributed by atoms with Gasteiger partial charge in [0, 0.05) is 39.0 Å². The average molecular weight is 584 g/mol. The molecule has 0 aromatic rings. The van der Waals surface area contributed by atoms with Gasteiger partial charge in [0.05, 0.1) is 77.2 Å². The van der Waals surface area contributed by atoms with Gasteiger partial charge >= 0.3 is 0 Å². The summed E-state index contributed by atoms with van der Waals surface area (Å²) >= 11 is 0. The van der Waals surface area contributed by atoms with Gasteiger partial charge in [-0.15, -0.1) is 4.99 Å². The van der Waals surface area contributed by atoms with Gasteiger partial charge in [-0.1, -0.05) is 6.92 Å². The Morgan fingerprint density at radius 1 is 1.00 bits per heavy atom. The Morgan fingerprint density at radius 2 is 1.73 bits per heavy atom. The molecule has 1 aliphatic heterocycles. The summed E-state index contributed by atoms with van der Waals surface area (Å²) in [5.74, 6) is 4.71. The second-order valence-corrected chi connectivity index (χ2v) is 9.39. The first kappa shape index (κ1) is 36.7. The van der Waals surface area contributed by atoms with Crippen molar-refractivity contribution < 1.29 is 58.1 Å². The van der Waals surface area contributed by atoms with Gasteiger partial charge in [-0.05, 0) is 13.3 Å². The molecule has 1 rings (SSSR count). The van der Waals surface area contributed by atoms with Crippen molar-refractivity contribution in [3.05, 3.63) is 0 Å². The van der Waals surface area contributed by atoms with E-state index in [0.29, 0.717) is 32.9 Å². The maximum Gasteiger partial charge on any atom is 0.222 e. The number of nitrogens with two attached hydrogens (primary N) is 1. The van der Waals surface area contributed by atoms with Crippen LogP contribution in [-0.4, -0.2) is 132 Å². The maximum atomic E-state index is 12.2. The molecule has 0 bridgehead atoms. The first-order chi connectivity index (χ1) is 19.4. The zero-order valence-corrected chi connectivity index (χ0v) is 23.8. The normalized spacial score (nSPS) is 22.6. The van der Waals surface area contributed by atoms with Crippen LogP contribution in [0.4, 0.5) is 0 Å². The van der Waals surface area contributed by atoms with Crippen LogP contribution in [0.1, 0.15) is 39.5 Å². The molecule has 0 spiro atoms. The quantitative estimate of drug-likeness (QED) is 0.0344. The molecule has 1 fully saturated rings. The molecule has 6 N–H and O–H groups in total. The third kappa shape index (κ3) is 16.8. The van der Waals surface area contributed by atoms with Gasteiger partial charge in [0.25, 0.3) is 0 Å². The van der Waals surface area contributed by atoms with E-state index in [1.807, 2.05) is 6.92 Å². The predicted molar refractivity (Wildman–Crippen MR) is 141 cm³/mol. The van der Waals surface area contributed by atoms with Crippen molar-refractivity contribution in [2.75, 3.05) is 79.2 Å². The van der Waals surface area contributed by atoms with E-state index in [-0.39, 0.29) is 71.4 Å². The van der Waals surface area contributed by atoms with Gasteiger partial charge in [-0.2, -0.15) is 5.90 Å². The second-order valence-electron chi connectivity index (χ2n) is 9.39. The molecule has 0 saturated carbocycles. The molecule has 5 atom stereocenters. The number of nitrogens with one attached hydrogen (secondary N) is 2. The minimum absolute atomic E-state index is 0.149. The third-order valence-electron chi connectivity index (χ3n) is 5.87. The van der Waals surface area contributed by atoms with E-state index >= 15 is 0 Å². The number of rotatable bonds is 26. The number of aliphatic hydroxyl groups is 2. The van der Waals surface area contributed by atoms with Gasteiger partial charge in [0.1, 0.15) is 12.4 Å². The molecule has 0 aliphatic carbocycles. The van der Waals surface area contributed by atoms with Crippen molar-refractivity contribution in [1.82, 2.24) is 10.6 Å². The summed E-state index contributed by atoms with van der Waals surface area (Å²) < 4.78 is 33.7. The summed E-state index contributed by atoms with van der Waals surface area (Å²) in [4.78, 5) is 31.7. The van der Waals surface area contributed by atoms with E-state index in [1.165, 1.54) is 0 Å². The Labute approximate surface area is 236 Å². The molecule has 0 radical (unpaired) electrons. The van der Waals surface area contributed by atoms with Gasteiger partial charge < -0.3 is 54.1 Å². The summed E-state index contributed by atoms with van der Waals surface area (Å²) in [6, 6.07) is 0. The molecule has 1 aliphatic rings. The summed E-state index contributed by atoms with van der Waals surface area (Å²) in [6.07, 6.45) is -0.672. The van der Waals surface area contributed by atoms with Gasteiger partial charge in [0.15, 0.2) is 6.29 Å². The lowest BCUT2D eigenvalue weighted by Gasteiger charge is -2.35. The molecule has 1 saturated heterocycles. The number of aliphatic hydroxyl groups excluding tert-OH is 2. The minimum Gasteiger partial charge on any atom is -0.390 e. The largest absolute Gasteiger partial charge is 0.390 e. The van der Waals surface area contributed by atoms with E-state index in [4.69, 9.17) is 39.2 Å². The summed E-state index contributed by atoms with van der Waals surface area (Å²) in [5, 5.41) is 25.5. The first-order valence-electron chi connectivity index (χ1n) is 13.7. The van der Waals surface area contributed by atoms with Crippen LogP contribution >= 0.6 is 0 Å². The van der Waals surface area contributed by atoms with Crippen LogP contribution in [-0.2, 0) is 47.9 Å². The topological polar surface area (TPSA) is 199 Å². The molecular weight excluding hydrogens is 534 g/mol. The van der Waals surface area contributed by atoms with Crippen LogP contribution in [0.2, 0.25) is 0 Å². The van der Waals surface area contributed by atoms with E-state index in [2.05, 4.69) is 15.6 Å². The lowest BCUT2D eigenvalue weighted by molar-refractivity contribution is -0.298. The zero-order chi connectivity index (χ0) is 29.5. The highest BCUT2D eigenvalue weighted by atomic mass is 17.3. The fourth-order valence-electron chi connectivity index (χ4n) is 3.75. The molecule has 5 unspecified atom stereocenters. The highest BCUT2D eigenvalue weighted by Gasteiger charge is 2.34. The average Bonchev–Trinajstić information content (AvgIpc) is 2.94. The number of hydrogen-bond donors (Lipinski definition) is 5. The second kappa shape index (κ2) is 23.2. The molecule has 40 heavy (non-hydrogen) atoms. The summed E-state index contributed by atoms with van der Waals surface area (Å²) in [7, 11) is 0. The fraction of sp³-hybridized carbons (Fsp3) is 0.920. The zero-order valence-electron chi connectivity index (χ0n) is 23.8. The van der Waals surface area contributed by atoms with Crippen LogP contribution in [0, 0.1) is 0 Å². The Morgan fingerprint density at radius 3 is 2.40 bits per heavy atom. The Kier molecular flexibility index (Phi) is 21.3. The number of ether oxygens (including phenoxy) is 6. The monoisotopic (exact) mass is 583 g/mol. The van der Waals surface area contributed by atoms with Crippen LogP contribution in [0.3, 0.4) is 0 Å². The molecule has 15 nitrogen and oxygen atoms in total. The number of hydrogen-bond acceptors (Lipinski definition) is 14. The lowest BCUT2D eigenvalue weighted by atomic mass is 10.0. The van der Waals surface area contributed by atoms with Crippen molar-refractivity contribution in [2.45, 2.75) is 69.7 Å². The molecule has 236 valence electrons. The molecule has 15 heteroatoms. The standard InChI is InChI=1S/C25H49N3O12/c1-3-9-34-17-25(18-35-10-4-8-29,28-7-13-38-40-26)19-36-11-5-22(31)27-6-12-33-14-15-37-23-16-21(30)24(32)20(2)39-23/h8,20-21,23-24,28,30,32H,3-7,9-19,26H2,1-2H3,(H,27,31). The number of carbonyl (C=O) groups excluding carboxylic acids is 2. The van der Waals surface area contributed by atoms with Crippen LogP contribution in [0.25, 0.3) is 0 Å². The van der Waals surface area contributed by atoms with Gasteiger partial charge in [-0.25, -0.2) is 4.89 Å². The summed E-state index contributed by atoms with van der Waals surface area (Å²) in [6.45, 7) is 7.08. The van der Waals surface area contributed by atoms with E-state index < -0.39 is 30.1 Å². The van der Waals surface area contributed by atoms with E-state index in [0.717, 1.165) is 12.7 Å². The first-order valence-corrected chi connectivity index (χ1v) is 13.7. The van der Waals surface area contributed by atoms with Crippen molar-refractivity contribution in [2.24, 2.45) is 5.90 Å². The van der Waals surface area contributed by atoms with Crippen LogP contribution in [0.15, 0.2) is 0 Å². The van der Waals surface area contributed by atoms with Crippen molar-refractivity contribution in [1.29, 1.82) is 0 Å². The number of carbonyl (C=O) groups is 2. The molecule has 1 heterocycles. The lowest BCUT2D eigenvalue weighted by Crippen LogP contribution is -2.57. The minimum atomic E-state index is -0.922. The molecule has 0 aromatic carbocycles. The summed E-state index contributed by atoms with van der Waals surface area (Å²) in [5.41, 5.74) is -0.735. The van der Waals surface area contributed by atoms with Crippen molar-refractivity contribution >= 4 is 12.2 Å². The molecular formula is C25H49N3O12. The third-order valence-corrected chi connectivity index (χ3v) is 5.87. The highest BCUT2D eigenvalue weighted by molar-refractivity contribution is 5.75. The Balaban J connectivity index is 2.29. The Hall–Kier alpha value is -1.34. The van der Waals surface area contributed by atoms with Crippen LogP contribution in [0.5, 0.6) is 0 Å². The predicted octanol–water partition coefficient (Wildman–Crippen LogP) is -1.42. The SMILES string of the molecule is CCCOCC(COCCC=O)(COCCC(=O)NCCOCCOC1CC(O)C(O)C(C)O1)NCCOON. The highest BCUT2D eigenvalue weighted by Crippen LogP contribution is 2.20. The Bertz CT molecular complexity index is 638. The molecule has 1 amide bonds. The van der Waals surface area contributed by atoms with Crippen LogP contribution < -0.4 is 16.5 Å². The smallest absolute Gasteiger partial charge is 0.222 e. The molecule has 0 aromatic heterocycles. The van der Waals surface area contributed by atoms with Crippen molar-refractivity contribution in [3.63, 3.8) is 0 Å².